The molecular formula is C34H52N6Si3. The summed E-state index contributed by atoms with van der Waals surface area (Å²) in [6.45, 7) is 25.3. The van der Waals surface area contributed by atoms with Crippen LogP contribution < -0.4 is 14.0 Å². The molecule has 0 aliphatic rings. The summed E-state index contributed by atoms with van der Waals surface area (Å²) in [6.07, 6.45) is 1.35. The largest absolute Gasteiger partial charge is 0.295 e. The van der Waals surface area contributed by atoms with Crippen molar-refractivity contribution in [3.8, 4) is 0 Å². The Labute approximate surface area is 264 Å². The molecule has 9 heteroatoms. The highest BCUT2D eigenvalue weighted by molar-refractivity contribution is 6.80. The van der Waals surface area contributed by atoms with Crippen molar-refractivity contribution in [3.05, 3.63) is 91.0 Å². The van der Waals surface area contributed by atoms with Gasteiger partial charge in [0.05, 0.1) is 0 Å². The molecule has 0 aliphatic carbocycles. The van der Waals surface area contributed by atoms with Crippen LogP contribution in [0.15, 0.2) is 106 Å². The first-order valence-electron chi connectivity index (χ1n) is 15.3. The summed E-state index contributed by atoms with van der Waals surface area (Å²) in [6, 6.07) is 31.6. The SMILES string of the molecule is C/C(CC(C/C(C)=N/N(c1ccccc1)[Si](C)(C)C)=NN(c1ccccc1)[Si](C)(C)C)=N\N(c1ccccc1)[Si](C)(C)C. The van der Waals surface area contributed by atoms with Crippen molar-refractivity contribution in [2.75, 3.05) is 14.0 Å². The fraction of sp³-hybridized carbons (Fsp3) is 0.382. The van der Waals surface area contributed by atoms with Crippen molar-refractivity contribution >= 4 is 58.9 Å². The third kappa shape index (κ3) is 10.4. The van der Waals surface area contributed by atoms with Crippen LogP contribution in [-0.4, -0.2) is 41.8 Å². The monoisotopic (exact) mass is 628 g/mol. The second-order valence-corrected chi connectivity index (χ2v) is 28.4. The number of hydrogen-bond donors (Lipinski definition) is 0. The predicted octanol–water partition coefficient (Wildman–Crippen LogP) is 9.90. The summed E-state index contributed by atoms with van der Waals surface area (Å²) in [4.78, 5) is 0. The lowest BCUT2D eigenvalue weighted by Gasteiger charge is -2.34. The first kappa shape index (κ1) is 34.2. The van der Waals surface area contributed by atoms with Gasteiger partial charge in [-0.3, -0.25) is 14.0 Å². The first-order chi connectivity index (χ1) is 20.1. The minimum absolute atomic E-state index is 0.673. The maximum Gasteiger partial charge on any atom is 0.176 e. The van der Waals surface area contributed by atoms with E-state index in [-0.39, 0.29) is 0 Å². The molecule has 3 rings (SSSR count). The maximum atomic E-state index is 5.42. The highest BCUT2D eigenvalue weighted by Crippen LogP contribution is 2.26. The molecule has 0 heterocycles. The van der Waals surface area contributed by atoms with Gasteiger partial charge in [-0.15, -0.1) is 0 Å². The smallest absolute Gasteiger partial charge is 0.176 e. The molecule has 0 radical (unpaired) electrons. The lowest BCUT2D eigenvalue weighted by atomic mass is 10.1. The molecule has 230 valence electrons. The van der Waals surface area contributed by atoms with E-state index in [9.17, 15) is 0 Å². The van der Waals surface area contributed by atoms with Crippen LogP contribution in [0.4, 0.5) is 17.1 Å². The van der Waals surface area contributed by atoms with Crippen molar-refractivity contribution in [2.45, 2.75) is 85.6 Å². The molecule has 0 saturated carbocycles. The minimum Gasteiger partial charge on any atom is -0.295 e. The molecule has 0 fully saturated rings. The fourth-order valence-electron chi connectivity index (χ4n) is 4.77. The lowest BCUT2D eigenvalue weighted by molar-refractivity contribution is 1.07. The van der Waals surface area contributed by atoms with Gasteiger partial charge in [0.2, 0.25) is 0 Å². The van der Waals surface area contributed by atoms with Gasteiger partial charge in [-0.25, -0.2) is 0 Å². The van der Waals surface area contributed by atoms with Gasteiger partial charge in [-0.1, -0.05) is 54.6 Å². The van der Waals surface area contributed by atoms with Gasteiger partial charge in [0.15, 0.2) is 24.7 Å². The number of hydrazone groups is 3. The maximum absolute atomic E-state index is 5.42. The highest BCUT2D eigenvalue weighted by atomic mass is 28.3. The Morgan fingerprint density at radius 1 is 0.442 bits per heavy atom. The van der Waals surface area contributed by atoms with E-state index in [0.29, 0.717) is 12.8 Å². The predicted molar refractivity (Wildman–Crippen MR) is 200 cm³/mol. The van der Waals surface area contributed by atoms with E-state index in [1.807, 2.05) is 0 Å². The van der Waals surface area contributed by atoms with Crippen LogP contribution >= 0.6 is 0 Å². The van der Waals surface area contributed by atoms with Crippen LogP contribution in [0.5, 0.6) is 0 Å². The topological polar surface area (TPSA) is 46.8 Å². The van der Waals surface area contributed by atoms with Crippen LogP contribution in [0.3, 0.4) is 0 Å². The number of nitrogens with zero attached hydrogens (tertiary/aromatic N) is 6. The van der Waals surface area contributed by atoms with Crippen LogP contribution in [0.2, 0.25) is 58.9 Å². The summed E-state index contributed by atoms with van der Waals surface area (Å²) in [7, 11) is -5.45. The van der Waals surface area contributed by atoms with Gasteiger partial charge in [0, 0.05) is 47.0 Å². The average molecular weight is 629 g/mol. The molecule has 0 spiro atoms. The Hall–Kier alpha value is -3.28. The molecule has 0 amide bonds. The molecule has 43 heavy (non-hydrogen) atoms. The Bertz CT molecular complexity index is 1310. The first-order valence-corrected chi connectivity index (χ1v) is 25.6. The summed E-state index contributed by atoms with van der Waals surface area (Å²) in [5.41, 5.74) is 6.57. The summed E-state index contributed by atoms with van der Waals surface area (Å²) in [5, 5.41) is 15.9. The average Bonchev–Trinajstić information content (AvgIpc) is 2.93. The Morgan fingerprint density at radius 3 is 0.953 bits per heavy atom. The van der Waals surface area contributed by atoms with Crippen LogP contribution in [0, 0.1) is 0 Å². The summed E-state index contributed by atoms with van der Waals surface area (Å²) >= 11 is 0. The number of anilines is 3. The van der Waals surface area contributed by atoms with E-state index in [4.69, 9.17) is 15.3 Å². The lowest BCUT2D eigenvalue weighted by Crippen LogP contribution is -2.44. The van der Waals surface area contributed by atoms with E-state index in [2.05, 4.69) is 178 Å². The zero-order chi connectivity index (χ0) is 31.8. The zero-order valence-electron chi connectivity index (χ0n) is 28.3. The Balaban J connectivity index is 2.07. The molecule has 0 aromatic heterocycles. The number of hydrogen-bond acceptors (Lipinski definition) is 6. The molecule has 0 atom stereocenters. The van der Waals surface area contributed by atoms with Gasteiger partial charge < -0.3 is 0 Å². The molecule has 3 aromatic carbocycles. The molecule has 0 aliphatic heterocycles. The molecule has 3 aromatic rings. The molecular weight excluding hydrogens is 577 g/mol. The van der Waals surface area contributed by atoms with Gasteiger partial charge >= 0.3 is 0 Å². The van der Waals surface area contributed by atoms with E-state index in [1.54, 1.807) is 0 Å². The van der Waals surface area contributed by atoms with E-state index < -0.39 is 24.7 Å². The van der Waals surface area contributed by atoms with Crippen LogP contribution in [0.1, 0.15) is 26.7 Å². The molecule has 6 nitrogen and oxygen atoms in total. The number of rotatable bonds is 13. The van der Waals surface area contributed by atoms with Crippen LogP contribution in [0.25, 0.3) is 0 Å². The third-order valence-corrected chi connectivity index (χ3v) is 11.5. The number of para-hydroxylation sites is 3. The van der Waals surface area contributed by atoms with E-state index in [1.165, 1.54) is 0 Å². The van der Waals surface area contributed by atoms with Gasteiger partial charge in [0.1, 0.15) is 0 Å². The quantitative estimate of drug-likeness (QED) is 0.108. The van der Waals surface area contributed by atoms with Crippen molar-refractivity contribution in [2.24, 2.45) is 15.3 Å². The standard InChI is InChI=1S/C34H52N6Si3/c1-29(35-38(41(3,4)5)32-21-15-12-16-22-32)27-31(37-40(43(9,10)11)34-25-19-14-20-26-34)28-30(2)36-39(42(6,7)8)33-23-17-13-18-24-33/h12-26H,27-28H2,1-11H3/b35-29+,36-30+. The van der Waals surface area contributed by atoms with Crippen molar-refractivity contribution in [1.29, 1.82) is 0 Å². The normalized spacial score (nSPS) is 13.0. The molecule has 0 unspecified atom stereocenters. The summed E-state index contributed by atoms with van der Waals surface area (Å²) in [5.74, 6) is 0. The van der Waals surface area contributed by atoms with E-state index in [0.717, 1.165) is 34.2 Å². The van der Waals surface area contributed by atoms with Crippen molar-refractivity contribution < 1.29 is 0 Å². The Morgan fingerprint density at radius 2 is 0.698 bits per heavy atom. The molecule has 0 N–H and O–H groups in total. The van der Waals surface area contributed by atoms with Gasteiger partial charge in [-0.05, 0) is 109 Å². The highest BCUT2D eigenvalue weighted by Gasteiger charge is 2.28. The van der Waals surface area contributed by atoms with E-state index >= 15 is 0 Å². The second-order valence-electron chi connectivity index (χ2n) is 14.1. The molecule has 0 bridgehead atoms. The zero-order valence-corrected chi connectivity index (χ0v) is 31.3. The van der Waals surface area contributed by atoms with Gasteiger partial charge in [0.25, 0.3) is 0 Å². The Kier molecular flexibility index (Phi) is 11.5. The van der Waals surface area contributed by atoms with Crippen molar-refractivity contribution in [3.63, 3.8) is 0 Å². The second kappa shape index (κ2) is 14.5. The minimum atomic E-state index is -1.86. The third-order valence-electron chi connectivity index (χ3n) is 6.61. The number of benzene rings is 3. The summed E-state index contributed by atoms with van der Waals surface area (Å²) < 4.78 is 6.80. The molecule has 0 saturated heterocycles. The van der Waals surface area contributed by atoms with Gasteiger partial charge in [-0.2, -0.15) is 15.3 Å². The van der Waals surface area contributed by atoms with Crippen LogP contribution in [-0.2, 0) is 0 Å². The van der Waals surface area contributed by atoms with Crippen molar-refractivity contribution in [1.82, 2.24) is 0 Å². The fourth-order valence-corrected chi connectivity index (χ4v) is 8.92.